The van der Waals surface area contributed by atoms with Gasteiger partial charge in [-0.25, -0.2) is 4.79 Å². The minimum atomic E-state index is -4.35. The summed E-state index contributed by atoms with van der Waals surface area (Å²) in [4.78, 5) is 36.0. The monoisotopic (exact) mass is 423 g/mol. The van der Waals surface area contributed by atoms with Gasteiger partial charge in [0.1, 0.15) is 6.54 Å². The number of urea groups is 1. The number of hydrogen-bond acceptors (Lipinski definition) is 3. The van der Waals surface area contributed by atoms with Crippen LogP contribution in [0.2, 0.25) is 0 Å². The van der Waals surface area contributed by atoms with Crippen molar-refractivity contribution >= 4 is 23.6 Å². The number of carbonyl (C=O) groups is 3. The number of nitrogens with one attached hydrogen (secondary N) is 2. The van der Waals surface area contributed by atoms with Crippen molar-refractivity contribution in [2.24, 2.45) is 0 Å². The number of hydrogen-bond donors (Lipinski definition) is 3. The molecule has 0 aromatic heterocycles. The second-order valence-electron chi connectivity index (χ2n) is 6.46. The van der Waals surface area contributed by atoms with Crippen molar-refractivity contribution < 1.29 is 32.7 Å². The molecule has 10 heteroatoms. The number of aliphatic carboxylic acids is 1. The first-order chi connectivity index (χ1) is 14.0. The van der Waals surface area contributed by atoms with Crippen LogP contribution in [0.1, 0.15) is 16.8 Å². The van der Waals surface area contributed by atoms with Crippen molar-refractivity contribution in [3.63, 3.8) is 0 Å². The molecule has 0 atom stereocenters. The Labute approximate surface area is 170 Å². The molecule has 2 aromatic carbocycles. The quantitative estimate of drug-likeness (QED) is 0.634. The molecule has 0 aliphatic heterocycles. The first-order valence-corrected chi connectivity index (χ1v) is 8.84. The predicted octanol–water partition coefficient (Wildman–Crippen LogP) is 3.58. The lowest BCUT2D eigenvalue weighted by molar-refractivity contribution is -0.137. The van der Waals surface area contributed by atoms with Gasteiger partial charge in [-0.2, -0.15) is 13.2 Å². The molecule has 0 unspecified atom stereocenters. The van der Waals surface area contributed by atoms with Crippen LogP contribution in [0.5, 0.6) is 0 Å². The van der Waals surface area contributed by atoms with Gasteiger partial charge in [-0.15, -0.1) is 0 Å². The Kier molecular flexibility index (Phi) is 7.40. The minimum absolute atomic E-state index is 0.291. The molecule has 0 bridgehead atoms. The highest BCUT2D eigenvalue weighted by atomic mass is 19.4. The highest BCUT2D eigenvalue weighted by Gasteiger charge is 2.26. The van der Waals surface area contributed by atoms with Gasteiger partial charge in [0.05, 0.1) is 6.42 Å². The Morgan fingerprint density at radius 1 is 1.03 bits per heavy atom. The van der Waals surface area contributed by atoms with E-state index in [0.717, 1.165) is 4.90 Å². The van der Waals surface area contributed by atoms with E-state index in [1.807, 2.05) is 0 Å². The van der Waals surface area contributed by atoms with Gasteiger partial charge in [0.2, 0.25) is 0 Å². The van der Waals surface area contributed by atoms with Crippen molar-refractivity contribution in [1.82, 2.24) is 10.2 Å². The maximum Gasteiger partial charge on any atom is 0.390 e. The molecule has 3 N–H and O–H groups in total. The Balaban J connectivity index is 2.09. The van der Waals surface area contributed by atoms with Gasteiger partial charge in [-0.05, 0) is 35.4 Å². The van der Waals surface area contributed by atoms with Gasteiger partial charge in [0.15, 0.2) is 0 Å². The summed E-state index contributed by atoms with van der Waals surface area (Å²) in [6.45, 7) is -0.977. The molecular weight excluding hydrogens is 403 g/mol. The number of likely N-dealkylation sites (N-methyl/N-ethyl adjacent to an activating group) is 1. The standard InChI is InChI=1S/C20H20F3N3O4/c1-26(12-17(27)28)18(29)15-6-2-4-13(10-15)14-5-3-7-16(11-14)25-19(30)24-9-8-20(21,22)23/h2-7,10-11H,8-9,12H2,1H3,(H,27,28)(H2,24,25,30). The number of carboxylic acids is 1. The number of alkyl halides is 3. The van der Waals surface area contributed by atoms with E-state index in [4.69, 9.17) is 5.11 Å². The van der Waals surface area contributed by atoms with Crippen LogP contribution in [0.3, 0.4) is 0 Å². The SMILES string of the molecule is CN(CC(=O)O)C(=O)c1cccc(-c2cccc(NC(=O)NCCC(F)(F)F)c2)c1. The van der Waals surface area contributed by atoms with Crippen molar-refractivity contribution in [2.45, 2.75) is 12.6 Å². The maximum atomic E-state index is 12.4. The van der Waals surface area contributed by atoms with E-state index in [9.17, 15) is 27.6 Å². The second-order valence-corrected chi connectivity index (χ2v) is 6.46. The smallest absolute Gasteiger partial charge is 0.390 e. The number of benzene rings is 2. The fraction of sp³-hybridized carbons (Fsp3) is 0.250. The van der Waals surface area contributed by atoms with Crippen molar-refractivity contribution in [2.75, 3.05) is 25.5 Å². The van der Waals surface area contributed by atoms with Crippen LogP contribution in [0.25, 0.3) is 11.1 Å². The number of nitrogens with zero attached hydrogens (tertiary/aromatic N) is 1. The van der Waals surface area contributed by atoms with Crippen LogP contribution in [0.4, 0.5) is 23.7 Å². The van der Waals surface area contributed by atoms with Gasteiger partial charge in [0, 0.05) is 24.8 Å². The minimum Gasteiger partial charge on any atom is -0.480 e. The van der Waals surface area contributed by atoms with E-state index < -0.39 is 43.6 Å². The van der Waals surface area contributed by atoms with Gasteiger partial charge < -0.3 is 20.6 Å². The third kappa shape index (κ3) is 7.12. The highest BCUT2D eigenvalue weighted by molar-refractivity contribution is 5.97. The molecular formula is C20H20F3N3O4. The summed E-state index contributed by atoms with van der Waals surface area (Å²) in [6, 6.07) is 12.3. The molecule has 3 amide bonds. The lowest BCUT2D eigenvalue weighted by Gasteiger charge is -2.15. The zero-order valence-corrected chi connectivity index (χ0v) is 16.0. The Morgan fingerprint density at radius 2 is 1.67 bits per heavy atom. The summed E-state index contributed by atoms with van der Waals surface area (Å²) >= 11 is 0. The molecule has 0 saturated carbocycles. The number of carboxylic acid groups (broad SMARTS) is 1. The van der Waals surface area contributed by atoms with Crippen LogP contribution >= 0.6 is 0 Å². The summed E-state index contributed by atoms with van der Waals surface area (Å²) in [7, 11) is 1.38. The number of anilines is 1. The molecule has 2 rings (SSSR count). The van der Waals surface area contributed by atoms with E-state index in [0.29, 0.717) is 22.4 Å². The Hall–Kier alpha value is -3.56. The maximum absolute atomic E-state index is 12.4. The summed E-state index contributed by atoms with van der Waals surface area (Å²) in [6.07, 6.45) is -5.48. The van der Waals surface area contributed by atoms with Gasteiger partial charge >= 0.3 is 18.2 Å². The number of carbonyl (C=O) groups excluding carboxylic acids is 2. The summed E-state index contributed by atoms with van der Waals surface area (Å²) < 4.78 is 36.4. The zero-order chi connectivity index (χ0) is 22.3. The first-order valence-electron chi connectivity index (χ1n) is 8.84. The Bertz CT molecular complexity index is 932. The topological polar surface area (TPSA) is 98.7 Å². The van der Waals surface area contributed by atoms with Crippen LogP contribution < -0.4 is 10.6 Å². The number of rotatable bonds is 7. The van der Waals surface area contributed by atoms with Crippen LogP contribution in [0, 0.1) is 0 Å². The average Bonchev–Trinajstić information content (AvgIpc) is 2.66. The summed E-state index contributed by atoms with van der Waals surface area (Å²) in [5, 5.41) is 13.4. The molecule has 0 radical (unpaired) electrons. The predicted molar refractivity (Wildman–Crippen MR) is 104 cm³/mol. The normalized spacial score (nSPS) is 10.9. The summed E-state index contributed by atoms with van der Waals surface area (Å²) in [5.41, 5.74) is 1.94. The van der Waals surface area contributed by atoms with Crippen LogP contribution in [0.15, 0.2) is 48.5 Å². The number of amides is 3. The molecule has 7 nitrogen and oxygen atoms in total. The molecule has 0 aliphatic rings. The largest absolute Gasteiger partial charge is 0.480 e. The van der Waals surface area contributed by atoms with E-state index in [1.165, 1.54) is 7.05 Å². The fourth-order valence-corrected chi connectivity index (χ4v) is 2.60. The van der Waals surface area contributed by atoms with Crippen LogP contribution in [-0.4, -0.2) is 54.2 Å². The lowest BCUT2D eigenvalue weighted by atomic mass is 10.0. The molecule has 0 spiro atoms. The molecule has 30 heavy (non-hydrogen) atoms. The third-order valence-corrected chi connectivity index (χ3v) is 3.98. The third-order valence-electron chi connectivity index (χ3n) is 3.98. The van der Waals surface area contributed by atoms with E-state index in [2.05, 4.69) is 10.6 Å². The molecule has 0 heterocycles. The van der Waals surface area contributed by atoms with E-state index in [-0.39, 0.29) is 0 Å². The highest BCUT2D eigenvalue weighted by Crippen LogP contribution is 2.24. The van der Waals surface area contributed by atoms with Crippen molar-refractivity contribution in [3.8, 4) is 11.1 Å². The molecule has 0 fully saturated rings. The Morgan fingerprint density at radius 3 is 2.30 bits per heavy atom. The van der Waals surface area contributed by atoms with E-state index in [1.54, 1.807) is 48.5 Å². The fourth-order valence-electron chi connectivity index (χ4n) is 2.60. The van der Waals surface area contributed by atoms with Crippen molar-refractivity contribution in [3.05, 3.63) is 54.1 Å². The molecule has 0 aliphatic carbocycles. The lowest BCUT2D eigenvalue weighted by Crippen LogP contribution is -2.31. The number of halogens is 3. The molecule has 2 aromatic rings. The molecule has 160 valence electrons. The zero-order valence-electron chi connectivity index (χ0n) is 16.0. The molecule has 0 saturated heterocycles. The van der Waals surface area contributed by atoms with E-state index >= 15 is 0 Å². The average molecular weight is 423 g/mol. The van der Waals surface area contributed by atoms with Crippen molar-refractivity contribution in [1.29, 1.82) is 0 Å². The van der Waals surface area contributed by atoms with Gasteiger partial charge in [-0.3, -0.25) is 9.59 Å². The second kappa shape index (κ2) is 9.77. The van der Waals surface area contributed by atoms with Crippen LogP contribution in [-0.2, 0) is 4.79 Å². The van der Waals surface area contributed by atoms with Gasteiger partial charge in [0.25, 0.3) is 5.91 Å². The first kappa shape index (κ1) is 22.7. The van der Waals surface area contributed by atoms with Gasteiger partial charge in [-0.1, -0.05) is 24.3 Å². The summed E-state index contributed by atoms with van der Waals surface area (Å²) in [5.74, 6) is -1.59.